The van der Waals surface area contributed by atoms with Crippen molar-refractivity contribution in [3.8, 4) is 22.8 Å². The first-order valence-corrected chi connectivity index (χ1v) is 15.8. The summed E-state index contributed by atoms with van der Waals surface area (Å²) in [6.45, 7) is 6.29. The molecule has 1 N–H and O–H groups in total. The fraction of sp³-hybridized carbons (Fsp3) is 0.303. The molecule has 0 saturated carbocycles. The van der Waals surface area contributed by atoms with E-state index in [1.807, 2.05) is 38.1 Å². The summed E-state index contributed by atoms with van der Waals surface area (Å²) >= 11 is 1.17. The molecule has 0 aliphatic carbocycles. The molecule has 47 heavy (non-hydrogen) atoms. The molecule has 246 valence electrons. The number of hydrogen-bond acceptors (Lipinski definition) is 6. The lowest BCUT2D eigenvalue weighted by atomic mass is 9.97. The number of amides is 3. The first-order chi connectivity index (χ1) is 22.4. The highest BCUT2D eigenvalue weighted by Crippen LogP contribution is 2.34. The summed E-state index contributed by atoms with van der Waals surface area (Å²) in [5.41, 5.74) is 3.59. The predicted octanol–water partition coefficient (Wildman–Crippen LogP) is 7.51. The Balaban J connectivity index is 1.12. The smallest absolute Gasteiger partial charge is 0.406 e. The van der Waals surface area contributed by atoms with Gasteiger partial charge in [0.15, 0.2) is 11.0 Å². The molecule has 1 atom stereocenters. The SMILES string of the molecule is CC(CCNC(=O)N=C1SCC(=O)N1c1ccc(F)cc1C(C)C)Cc1ccc(-c2ncn(-c3ccc(OC(F)(F)F)cc3)n2)cc1. The Morgan fingerprint density at radius 1 is 1.06 bits per heavy atom. The average Bonchev–Trinajstić information content (AvgIpc) is 3.64. The van der Waals surface area contributed by atoms with Crippen LogP contribution in [0.3, 0.4) is 0 Å². The van der Waals surface area contributed by atoms with Crippen LogP contribution in [-0.2, 0) is 11.2 Å². The fourth-order valence-corrected chi connectivity index (χ4v) is 5.90. The lowest BCUT2D eigenvalue weighted by molar-refractivity contribution is -0.274. The zero-order valence-corrected chi connectivity index (χ0v) is 26.6. The van der Waals surface area contributed by atoms with E-state index >= 15 is 0 Å². The van der Waals surface area contributed by atoms with Gasteiger partial charge in [0.2, 0.25) is 5.91 Å². The van der Waals surface area contributed by atoms with Gasteiger partial charge in [0.05, 0.1) is 17.1 Å². The maximum Gasteiger partial charge on any atom is 0.573 e. The van der Waals surface area contributed by atoms with Crippen LogP contribution in [0.4, 0.5) is 28.0 Å². The van der Waals surface area contributed by atoms with Gasteiger partial charge in [0.1, 0.15) is 17.9 Å². The van der Waals surface area contributed by atoms with E-state index in [1.165, 1.54) is 64.1 Å². The van der Waals surface area contributed by atoms with Crippen LogP contribution in [0.2, 0.25) is 0 Å². The van der Waals surface area contributed by atoms with Crippen LogP contribution < -0.4 is 15.0 Å². The number of anilines is 1. The molecule has 0 spiro atoms. The molecule has 3 aromatic carbocycles. The quantitative estimate of drug-likeness (QED) is 0.176. The monoisotopic (exact) mass is 668 g/mol. The minimum absolute atomic E-state index is 0.0355. The third-order valence-electron chi connectivity index (χ3n) is 7.35. The normalized spacial score (nSPS) is 15.0. The predicted molar refractivity (Wildman–Crippen MR) is 172 cm³/mol. The number of carbonyl (C=O) groups excluding carboxylic acids is 2. The van der Waals surface area contributed by atoms with Crippen LogP contribution in [0.1, 0.15) is 44.2 Å². The molecule has 0 radical (unpaired) electrons. The zero-order chi connectivity index (χ0) is 33.7. The number of thioether (sulfide) groups is 1. The zero-order valence-electron chi connectivity index (χ0n) is 25.8. The molecule has 2 heterocycles. The van der Waals surface area contributed by atoms with Crippen LogP contribution in [-0.4, -0.2) is 50.5 Å². The maximum absolute atomic E-state index is 13.9. The van der Waals surface area contributed by atoms with Gasteiger partial charge < -0.3 is 10.1 Å². The second kappa shape index (κ2) is 14.4. The summed E-state index contributed by atoms with van der Waals surface area (Å²) in [5.74, 6) is -0.118. The number of benzene rings is 3. The van der Waals surface area contributed by atoms with Crippen molar-refractivity contribution in [2.24, 2.45) is 10.9 Å². The van der Waals surface area contributed by atoms with Crippen LogP contribution in [0.5, 0.6) is 5.75 Å². The van der Waals surface area contributed by atoms with E-state index < -0.39 is 18.2 Å². The van der Waals surface area contributed by atoms with Gasteiger partial charge in [0.25, 0.3) is 0 Å². The lowest BCUT2D eigenvalue weighted by Gasteiger charge is -2.21. The molecular weight excluding hydrogens is 636 g/mol. The summed E-state index contributed by atoms with van der Waals surface area (Å²) in [4.78, 5) is 35.2. The Morgan fingerprint density at radius 3 is 2.47 bits per heavy atom. The number of nitrogens with one attached hydrogen (secondary N) is 1. The first-order valence-electron chi connectivity index (χ1n) is 14.8. The van der Waals surface area contributed by atoms with Gasteiger partial charge >= 0.3 is 12.4 Å². The Bertz CT molecular complexity index is 1760. The standard InChI is InChI=1S/C33H32F4N6O3S/c1-20(2)27-17-24(34)8-13-28(27)43-29(44)18-47-32(43)40-31(45)38-15-14-21(3)16-22-4-6-23(7-5-22)30-39-19-42(41-30)25-9-11-26(12-10-25)46-33(35,36)37/h4-13,17,19-21H,14-16,18H2,1-3H3,(H,38,45). The fourth-order valence-electron chi connectivity index (χ4n) is 5.04. The molecule has 1 aromatic heterocycles. The third-order valence-corrected chi connectivity index (χ3v) is 8.27. The number of ether oxygens (including phenoxy) is 1. The summed E-state index contributed by atoms with van der Waals surface area (Å²) in [6, 6.07) is 16.8. The van der Waals surface area contributed by atoms with Crippen LogP contribution in [0, 0.1) is 11.7 Å². The molecule has 14 heteroatoms. The van der Waals surface area contributed by atoms with Crippen molar-refractivity contribution in [3.05, 3.63) is 90.0 Å². The minimum Gasteiger partial charge on any atom is -0.406 e. The molecule has 1 aliphatic heterocycles. The third kappa shape index (κ3) is 8.76. The first kappa shape index (κ1) is 33.6. The van der Waals surface area contributed by atoms with Gasteiger partial charge in [-0.2, -0.15) is 4.99 Å². The average molecular weight is 669 g/mol. The summed E-state index contributed by atoms with van der Waals surface area (Å²) in [7, 11) is 0. The van der Waals surface area contributed by atoms with E-state index in [0.29, 0.717) is 35.7 Å². The second-order valence-electron chi connectivity index (χ2n) is 11.4. The molecule has 1 aliphatic rings. The van der Waals surface area contributed by atoms with E-state index in [4.69, 9.17) is 0 Å². The number of hydrogen-bond donors (Lipinski definition) is 1. The Kier molecular flexibility index (Phi) is 10.3. The summed E-state index contributed by atoms with van der Waals surface area (Å²) in [5, 5.41) is 7.51. The van der Waals surface area contributed by atoms with Gasteiger partial charge in [-0.3, -0.25) is 9.69 Å². The molecule has 4 aromatic rings. The number of halogens is 4. The number of carbonyl (C=O) groups is 2. The number of nitrogens with zero attached hydrogens (tertiary/aromatic N) is 5. The number of amidine groups is 1. The van der Waals surface area contributed by atoms with Crippen LogP contribution in [0.15, 0.2) is 78.0 Å². The van der Waals surface area contributed by atoms with E-state index in [-0.39, 0.29) is 34.4 Å². The van der Waals surface area contributed by atoms with Gasteiger partial charge in [-0.1, -0.05) is 56.8 Å². The van der Waals surface area contributed by atoms with Crippen molar-refractivity contribution in [1.82, 2.24) is 20.1 Å². The van der Waals surface area contributed by atoms with Crippen molar-refractivity contribution in [3.63, 3.8) is 0 Å². The van der Waals surface area contributed by atoms with E-state index in [1.54, 1.807) is 6.07 Å². The number of alkyl halides is 3. The molecule has 1 saturated heterocycles. The van der Waals surface area contributed by atoms with E-state index in [2.05, 4.69) is 32.1 Å². The molecule has 5 rings (SSSR count). The number of aliphatic imine (C=N–C) groups is 1. The van der Waals surface area contributed by atoms with Crippen molar-refractivity contribution < 1.29 is 31.9 Å². The molecular formula is C33H32F4N6O3S. The maximum atomic E-state index is 13.9. The van der Waals surface area contributed by atoms with Crippen molar-refractivity contribution in [2.45, 2.75) is 45.9 Å². The highest BCUT2D eigenvalue weighted by Gasteiger charge is 2.33. The highest BCUT2D eigenvalue weighted by molar-refractivity contribution is 8.15. The van der Waals surface area contributed by atoms with Crippen molar-refractivity contribution in [2.75, 3.05) is 17.2 Å². The molecule has 1 unspecified atom stereocenters. The van der Waals surface area contributed by atoms with Gasteiger partial charge in [-0.05, 0) is 78.3 Å². The Labute approximate surface area is 273 Å². The largest absolute Gasteiger partial charge is 0.573 e. The van der Waals surface area contributed by atoms with Gasteiger partial charge in [-0.25, -0.2) is 18.9 Å². The molecule has 9 nitrogen and oxygen atoms in total. The summed E-state index contributed by atoms with van der Waals surface area (Å²) < 4.78 is 56.5. The number of rotatable bonds is 10. The minimum atomic E-state index is -4.76. The van der Waals surface area contributed by atoms with Crippen LogP contribution in [0.25, 0.3) is 17.1 Å². The Morgan fingerprint density at radius 2 is 1.79 bits per heavy atom. The molecule has 3 amide bonds. The second-order valence-corrected chi connectivity index (χ2v) is 12.3. The number of urea groups is 1. The van der Waals surface area contributed by atoms with Crippen molar-refractivity contribution >= 4 is 34.6 Å². The topological polar surface area (TPSA) is 102 Å². The van der Waals surface area contributed by atoms with E-state index in [0.717, 1.165) is 17.5 Å². The number of aromatic nitrogens is 3. The lowest BCUT2D eigenvalue weighted by Crippen LogP contribution is -2.32. The van der Waals surface area contributed by atoms with Gasteiger partial charge in [-0.15, -0.1) is 18.3 Å². The van der Waals surface area contributed by atoms with Crippen molar-refractivity contribution in [1.29, 1.82) is 0 Å². The molecule has 1 fully saturated rings. The van der Waals surface area contributed by atoms with E-state index in [9.17, 15) is 27.2 Å². The molecule has 0 bridgehead atoms. The highest BCUT2D eigenvalue weighted by atomic mass is 32.2. The Hall–Kier alpha value is -4.72. The summed E-state index contributed by atoms with van der Waals surface area (Å²) in [6.07, 6.45) is -1.82. The van der Waals surface area contributed by atoms with Crippen LogP contribution >= 0.6 is 11.8 Å². The van der Waals surface area contributed by atoms with Gasteiger partial charge in [0, 0.05) is 12.1 Å².